The number of hydrogen-bond donors (Lipinski definition) is 1. The van der Waals surface area contributed by atoms with Crippen molar-refractivity contribution in [1.82, 2.24) is 24.6 Å². The first-order chi connectivity index (χ1) is 14.7. The van der Waals surface area contributed by atoms with E-state index in [0.717, 1.165) is 54.7 Å². The second-order valence-electron chi connectivity index (χ2n) is 9.27. The van der Waals surface area contributed by atoms with Gasteiger partial charge in [0, 0.05) is 43.8 Å². The highest BCUT2D eigenvalue weighted by molar-refractivity contribution is 5.75. The maximum atomic E-state index is 4.84. The summed E-state index contributed by atoms with van der Waals surface area (Å²) in [6.45, 7) is 4.39. The van der Waals surface area contributed by atoms with E-state index in [2.05, 4.69) is 56.1 Å². The first-order valence-corrected chi connectivity index (χ1v) is 11.2. The summed E-state index contributed by atoms with van der Waals surface area (Å²) in [6, 6.07) is 9.12. The van der Waals surface area contributed by atoms with Crippen molar-refractivity contribution >= 4 is 28.4 Å². The van der Waals surface area contributed by atoms with Gasteiger partial charge in [-0.3, -0.25) is 0 Å². The van der Waals surface area contributed by atoms with Gasteiger partial charge in [-0.25, -0.2) is 9.67 Å². The average molecular weight is 404 g/mol. The van der Waals surface area contributed by atoms with E-state index in [4.69, 9.17) is 10.1 Å². The molecule has 1 aliphatic heterocycles. The Kier molecular flexibility index (Phi) is 4.37. The SMILES string of the molecule is CN1CCN(c2ccc(Nc3ncc4cnn([C@H]5C[C@@H]6CC[C@H]5C6)c4n3)cc2)CC1. The molecule has 3 aliphatic rings. The molecule has 1 aromatic carbocycles. The molecule has 156 valence electrons. The second-order valence-corrected chi connectivity index (χ2v) is 9.27. The van der Waals surface area contributed by atoms with Crippen LogP contribution in [0.15, 0.2) is 36.7 Å². The minimum Gasteiger partial charge on any atom is -0.369 e. The highest BCUT2D eigenvalue weighted by Crippen LogP contribution is 2.50. The van der Waals surface area contributed by atoms with E-state index < -0.39 is 0 Å². The average Bonchev–Trinajstić information content (AvgIpc) is 3.50. The van der Waals surface area contributed by atoms with Crippen molar-refractivity contribution in [1.29, 1.82) is 0 Å². The quantitative estimate of drug-likeness (QED) is 0.717. The topological polar surface area (TPSA) is 62.1 Å². The lowest BCUT2D eigenvalue weighted by Gasteiger charge is -2.34. The molecule has 2 aromatic heterocycles. The van der Waals surface area contributed by atoms with Crippen LogP contribution in [0.3, 0.4) is 0 Å². The largest absolute Gasteiger partial charge is 0.369 e. The minimum absolute atomic E-state index is 0.506. The van der Waals surface area contributed by atoms with E-state index in [9.17, 15) is 0 Å². The highest BCUT2D eigenvalue weighted by Gasteiger charge is 2.41. The lowest BCUT2D eigenvalue weighted by Crippen LogP contribution is -2.44. The van der Waals surface area contributed by atoms with E-state index in [1.165, 1.54) is 31.4 Å². The number of anilines is 3. The number of benzene rings is 1. The van der Waals surface area contributed by atoms with Gasteiger partial charge in [0.15, 0.2) is 5.65 Å². The molecule has 3 fully saturated rings. The fraction of sp³-hybridized carbons (Fsp3) is 0.522. The summed E-state index contributed by atoms with van der Waals surface area (Å²) in [7, 11) is 2.18. The highest BCUT2D eigenvalue weighted by atomic mass is 15.3. The molecule has 0 spiro atoms. The molecular formula is C23H29N7. The molecule has 2 aliphatic carbocycles. The van der Waals surface area contributed by atoms with Crippen LogP contribution in [-0.2, 0) is 0 Å². The van der Waals surface area contributed by atoms with Crippen LogP contribution in [0, 0.1) is 11.8 Å². The predicted octanol–water partition coefficient (Wildman–Crippen LogP) is 3.68. The first kappa shape index (κ1) is 18.1. The minimum atomic E-state index is 0.506. The molecule has 30 heavy (non-hydrogen) atoms. The van der Waals surface area contributed by atoms with Crippen LogP contribution in [-0.4, -0.2) is 57.9 Å². The molecule has 3 aromatic rings. The number of nitrogens with zero attached hydrogens (tertiary/aromatic N) is 6. The zero-order chi connectivity index (χ0) is 20.1. The number of piperazine rings is 1. The number of aromatic nitrogens is 4. The molecule has 6 rings (SSSR count). The third kappa shape index (κ3) is 3.21. The monoisotopic (exact) mass is 403 g/mol. The third-order valence-electron chi connectivity index (χ3n) is 7.34. The third-order valence-corrected chi connectivity index (χ3v) is 7.34. The summed E-state index contributed by atoms with van der Waals surface area (Å²) in [4.78, 5) is 14.2. The second kappa shape index (κ2) is 7.23. The van der Waals surface area contributed by atoms with Crippen molar-refractivity contribution in [3.8, 4) is 0 Å². The van der Waals surface area contributed by atoms with E-state index in [1.54, 1.807) is 0 Å². The van der Waals surface area contributed by atoms with Crippen molar-refractivity contribution in [2.24, 2.45) is 11.8 Å². The Bertz CT molecular complexity index is 1040. The van der Waals surface area contributed by atoms with E-state index >= 15 is 0 Å². The van der Waals surface area contributed by atoms with Gasteiger partial charge in [-0.1, -0.05) is 6.42 Å². The van der Waals surface area contributed by atoms with Crippen LogP contribution in [0.2, 0.25) is 0 Å². The van der Waals surface area contributed by atoms with E-state index in [1.807, 2.05) is 12.4 Å². The molecule has 7 heteroatoms. The Morgan fingerprint density at radius 1 is 0.967 bits per heavy atom. The molecule has 1 saturated heterocycles. The fourth-order valence-corrected chi connectivity index (χ4v) is 5.60. The Morgan fingerprint density at radius 3 is 2.53 bits per heavy atom. The van der Waals surface area contributed by atoms with Crippen molar-refractivity contribution < 1.29 is 0 Å². The predicted molar refractivity (Wildman–Crippen MR) is 119 cm³/mol. The normalized spacial score (nSPS) is 26.6. The summed E-state index contributed by atoms with van der Waals surface area (Å²) in [5.41, 5.74) is 3.25. The van der Waals surface area contributed by atoms with Crippen LogP contribution in [0.1, 0.15) is 31.7 Å². The van der Waals surface area contributed by atoms with Crippen LogP contribution < -0.4 is 10.2 Å². The summed E-state index contributed by atoms with van der Waals surface area (Å²) < 4.78 is 2.17. The van der Waals surface area contributed by atoms with Gasteiger partial charge in [-0.2, -0.15) is 10.1 Å². The number of nitrogens with one attached hydrogen (secondary N) is 1. The van der Waals surface area contributed by atoms with Crippen molar-refractivity contribution in [3.05, 3.63) is 36.7 Å². The van der Waals surface area contributed by atoms with Crippen LogP contribution in [0.4, 0.5) is 17.3 Å². The molecule has 7 nitrogen and oxygen atoms in total. The van der Waals surface area contributed by atoms with E-state index in [0.29, 0.717) is 12.0 Å². The molecule has 1 N–H and O–H groups in total. The molecule has 2 saturated carbocycles. The number of hydrogen-bond acceptors (Lipinski definition) is 6. The van der Waals surface area contributed by atoms with Gasteiger partial charge >= 0.3 is 0 Å². The van der Waals surface area contributed by atoms with Crippen LogP contribution in [0.25, 0.3) is 11.0 Å². The Hall–Kier alpha value is -2.67. The molecule has 0 unspecified atom stereocenters. The lowest BCUT2D eigenvalue weighted by atomic mass is 9.95. The summed E-state index contributed by atoms with van der Waals surface area (Å²) in [6.07, 6.45) is 9.15. The molecule has 0 amide bonds. The maximum Gasteiger partial charge on any atom is 0.229 e. The summed E-state index contributed by atoms with van der Waals surface area (Å²) >= 11 is 0. The van der Waals surface area contributed by atoms with Gasteiger partial charge in [0.25, 0.3) is 0 Å². The Labute approximate surface area is 177 Å². The van der Waals surface area contributed by atoms with Gasteiger partial charge in [0.05, 0.1) is 17.6 Å². The van der Waals surface area contributed by atoms with Crippen molar-refractivity contribution in [3.63, 3.8) is 0 Å². The molecular weight excluding hydrogens is 374 g/mol. The molecule has 3 heterocycles. The lowest BCUT2D eigenvalue weighted by molar-refractivity contribution is 0.313. The van der Waals surface area contributed by atoms with Crippen molar-refractivity contribution in [2.75, 3.05) is 43.4 Å². The smallest absolute Gasteiger partial charge is 0.229 e. The number of likely N-dealkylation sites (N-methyl/N-ethyl adjacent to an activating group) is 1. The van der Waals surface area contributed by atoms with E-state index in [-0.39, 0.29) is 0 Å². The zero-order valence-electron chi connectivity index (χ0n) is 17.5. The maximum absolute atomic E-state index is 4.84. The summed E-state index contributed by atoms with van der Waals surface area (Å²) in [5.74, 6) is 2.30. The first-order valence-electron chi connectivity index (χ1n) is 11.2. The molecule has 3 atom stereocenters. The Balaban J connectivity index is 1.20. The standard InChI is InChI=1S/C23H29N7/c1-28-8-10-29(11-9-28)20-6-4-19(5-7-20)26-23-24-14-18-15-25-30(22(18)27-23)21-13-16-2-3-17(21)12-16/h4-7,14-17,21H,2-3,8-13H2,1H3,(H,24,26,27)/t16-,17+,21+/m1/s1. The summed E-state index contributed by atoms with van der Waals surface area (Å²) in [5, 5.41) is 9.10. The number of fused-ring (bicyclic) bond motifs is 3. The zero-order valence-corrected chi connectivity index (χ0v) is 17.5. The number of rotatable bonds is 4. The fourth-order valence-electron chi connectivity index (χ4n) is 5.60. The molecule has 0 radical (unpaired) electrons. The van der Waals surface area contributed by atoms with Gasteiger partial charge in [-0.05, 0) is 62.4 Å². The van der Waals surface area contributed by atoms with Gasteiger partial charge in [0.2, 0.25) is 5.95 Å². The molecule has 2 bridgehead atoms. The van der Waals surface area contributed by atoms with Crippen molar-refractivity contribution in [2.45, 2.75) is 31.7 Å². The van der Waals surface area contributed by atoms with Crippen LogP contribution >= 0.6 is 0 Å². The van der Waals surface area contributed by atoms with Gasteiger partial charge < -0.3 is 15.1 Å². The van der Waals surface area contributed by atoms with Crippen LogP contribution in [0.5, 0.6) is 0 Å². The van der Waals surface area contributed by atoms with Gasteiger partial charge in [-0.15, -0.1) is 0 Å². The van der Waals surface area contributed by atoms with Gasteiger partial charge in [0.1, 0.15) is 0 Å². The Morgan fingerprint density at radius 2 is 1.80 bits per heavy atom.